The van der Waals surface area contributed by atoms with Crippen molar-refractivity contribution in [2.75, 3.05) is 25.6 Å². The molecule has 1 rings (SSSR count). The van der Waals surface area contributed by atoms with E-state index in [0.29, 0.717) is 6.54 Å². The predicted molar refractivity (Wildman–Crippen MR) is 47.5 cm³/mol. The van der Waals surface area contributed by atoms with E-state index in [1.54, 1.807) is 7.11 Å². The average molecular weight is 169 g/mol. The fraction of sp³-hybridized carbons (Fsp3) is 0.333. The summed E-state index contributed by atoms with van der Waals surface area (Å²) in [5, 5.41) is 2.91. The van der Waals surface area contributed by atoms with Gasteiger partial charge in [0.15, 0.2) is 0 Å². The molecule has 66 valence electrons. The lowest BCUT2D eigenvalue weighted by molar-refractivity contribution is 0.416. The maximum Gasteiger partial charge on any atom is 0.141 e. The molecule has 0 aliphatic rings. The van der Waals surface area contributed by atoms with Crippen LogP contribution in [-0.2, 0) is 0 Å². The van der Waals surface area contributed by atoms with Crippen molar-refractivity contribution in [3.05, 3.63) is 24.3 Å². The second-order valence-electron chi connectivity index (χ2n) is 2.32. The molecular formula is C9H12FNO. The van der Waals surface area contributed by atoms with E-state index in [9.17, 15) is 4.39 Å². The number of hydrogen-bond donors (Lipinski definition) is 1. The van der Waals surface area contributed by atoms with Crippen LogP contribution in [0.2, 0.25) is 0 Å². The molecule has 3 heteroatoms. The van der Waals surface area contributed by atoms with Crippen LogP contribution in [0.15, 0.2) is 24.3 Å². The maximum atomic E-state index is 11.8. The van der Waals surface area contributed by atoms with Crippen LogP contribution in [0.5, 0.6) is 5.75 Å². The van der Waals surface area contributed by atoms with Crippen LogP contribution in [0.1, 0.15) is 0 Å². The molecule has 0 bridgehead atoms. The first-order valence-corrected chi connectivity index (χ1v) is 3.81. The molecule has 0 fully saturated rings. The van der Waals surface area contributed by atoms with Crippen LogP contribution >= 0.6 is 0 Å². The lowest BCUT2D eigenvalue weighted by Crippen LogP contribution is -2.03. The number of hydrogen-bond acceptors (Lipinski definition) is 2. The summed E-state index contributed by atoms with van der Waals surface area (Å²) in [5.41, 5.74) is 0.831. The Morgan fingerprint density at radius 2 is 2.17 bits per heavy atom. The van der Waals surface area contributed by atoms with Crippen LogP contribution in [0.3, 0.4) is 0 Å². The quantitative estimate of drug-likeness (QED) is 0.745. The fourth-order valence-corrected chi connectivity index (χ4v) is 0.973. The van der Waals surface area contributed by atoms with Crippen LogP contribution in [0.4, 0.5) is 10.1 Å². The van der Waals surface area contributed by atoms with E-state index in [1.165, 1.54) is 0 Å². The molecule has 0 saturated heterocycles. The monoisotopic (exact) mass is 169 g/mol. The number of alkyl halides is 1. The van der Waals surface area contributed by atoms with Gasteiger partial charge in [0.2, 0.25) is 0 Å². The minimum atomic E-state index is -0.377. The highest BCUT2D eigenvalue weighted by Gasteiger charge is 1.98. The van der Waals surface area contributed by atoms with E-state index in [1.807, 2.05) is 24.3 Å². The standard InChI is InChI=1S/C9H12FNO/c1-12-9-5-3-2-4-8(9)11-7-6-10/h2-5,11H,6-7H2,1H3. The SMILES string of the molecule is COc1ccccc1NCCF. The van der Waals surface area contributed by atoms with E-state index >= 15 is 0 Å². The molecule has 0 unspecified atom stereocenters. The number of methoxy groups -OCH3 is 1. The van der Waals surface area contributed by atoms with Crippen molar-refractivity contribution in [1.82, 2.24) is 0 Å². The first kappa shape index (κ1) is 8.84. The molecule has 1 aromatic rings. The van der Waals surface area contributed by atoms with Gasteiger partial charge in [-0.3, -0.25) is 0 Å². The van der Waals surface area contributed by atoms with E-state index < -0.39 is 0 Å². The fourth-order valence-electron chi connectivity index (χ4n) is 0.973. The molecule has 0 heterocycles. The number of nitrogens with one attached hydrogen (secondary N) is 1. The molecule has 0 atom stereocenters. The van der Waals surface area contributed by atoms with Crippen LogP contribution in [0.25, 0.3) is 0 Å². The number of anilines is 1. The maximum absolute atomic E-state index is 11.8. The summed E-state index contributed by atoms with van der Waals surface area (Å²) < 4.78 is 16.9. The highest BCUT2D eigenvalue weighted by atomic mass is 19.1. The Morgan fingerprint density at radius 3 is 2.83 bits per heavy atom. The van der Waals surface area contributed by atoms with Gasteiger partial charge in [-0.15, -0.1) is 0 Å². The third-order valence-electron chi connectivity index (χ3n) is 1.52. The molecule has 0 radical (unpaired) electrons. The molecule has 2 nitrogen and oxygen atoms in total. The van der Waals surface area contributed by atoms with Gasteiger partial charge in [0, 0.05) is 6.54 Å². The van der Waals surface area contributed by atoms with Crippen LogP contribution in [-0.4, -0.2) is 20.3 Å². The largest absolute Gasteiger partial charge is 0.495 e. The number of ether oxygens (including phenoxy) is 1. The van der Waals surface area contributed by atoms with Gasteiger partial charge in [-0.1, -0.05) is 12.1 Å². The minimum absolute atomic E-state index is 0.320. The summed E-state index contributed by atoms with van der Waals surface area (Å²) >= 11 is 0. The van der Waals surface area contributed by atoms with E-state index in [2.05, 4.69) is 5.32 Å². The van der Waals surface area contributed by atoms with Gasteiger partial charge in [0.25, 0.3) is 0 Å². The molecule has 0 amide bonds. The van der Waals surface area contributed by atoms with Gasteiger partial charge < -0.3 is 10.1 Å². The Hall–Kier alpha value is -1.25. The number of para-hydroxylation sites is 2. The highest BCUT2D eigenvalue weighted by molar-refractivity contribution is 5.55. The first-order valence-electron chi connectivity index (χ1n) is 3.81. The van der Waals surface area contributed by atoms with Gasteiger partial charge in [-0.2, -0.15) is 0 Å². The van der Waals surface area contributed by atoms with Crippen molar-refractivity contribution in [2.45, 2.75) is 0 Å². The summed E-state index contributed by atoms with van der Waals surface area (Å²) in [4.78, 5) is 0. The summed E-state index contributed by atoms with van der Waals surface area (Å²) in [7, 11) is 1.59. The van der Waals surface area contributed by atoms with Gasteiger partial charge >= 0.3 is 0 Å². The van der Waals surface area contributed by atoms with Crippen molar-refractivity contribution in [2.24, 2.45) is 0 Å². The number of halogens is 1. The lowest BCUT2D eigenvalue weighted by Gasteiger charge is -2.08. The van der Waals surface area contributed by atoms with Crippen molar-refractivity contribution in [1.29, 1.82) is 0 Å². The smallest absolute Gasteiger partial charge is 0.141 e. The Labute approximate surface area is 71.4 Å². The second-order valence-corrected chi connectivity index (χ2v) is 2.32. The molecule has 0 aliphatic carbocycles. The molecule has 0 aromatic heterocycles. The summed E-state index contributed by atoms with van der Waals surface area (Å²) in [6.45, 7) is -0.0571. The summed E-state index contributed by atoms with van der Waals surface area (Å²) in [6.07, 6.45) is 0. The predicted octanol–water partition coefficient (Wildman–Crippen LogP) is 2.08. The van der Waals surface area contributed by atoms with Crippen molar-refractivity contribution < 1.29 is 9.13 Å². The first-order chi connectivity index (χ1) is 5.88. The topological polar surface area (TPSA) is 21.3 Å². The molecule has 0 spiro atoms. The average Bonchev–Trinajstić information content (AvgIpc) is 2.15. The summed E-state index contributed by atoms with van der Waals surface area (Å²) in [5.74, 6) is 0.742. The Morgan fingerprint density at radius 1 is 1.42 bits per heavy atom. The lowest BCUT2D eigenvalue weighted by atomic mass is 10.3. The molecule has 1 N–H and O–H groups in total. The third-order valence-corrected chi connectivity index (χ3v) is 1.52. The Balaban J connectivity index is 2.68. The zero-order chi connectivity index (χ0) is 8.81. The van der Waals surface area contributed by atoms with Gasteiger partial charge in [-0.25, -0.2) is 4.39 Å². The molecule has 12 heavy (non-hydrogen) atoms. The van der Waals surface area contributed by atoms with E-state index in [0.717, 1.165) is 11.4 Å². The molecule has 0 saturated carbocycles. The van der Waals surface area contributed by atoms with Crippen LogP contribution in [0, 0.1) is 0 Å². The summed E-state index contributed by atoms with van der Waals surface area (Å²) in [6, 6.07) is 7.44. The van der Waals surface area contributed by atoms with Crippen molar-refractivity contribution >= 4 is 5.69 Å². The number of rotatable bonds is 4. The minimum Gasteiger partial charge on any atom is -0.495 e. The van der Waals surface area contributed by atoms with Gasteiger partial charge in [0.1, 0.15) is 12.4 Å². The zero-order valence-corrected chi connectivity index (χ0v) is 7.01. The zero-order valence-electron chi connectivity index (χ0n) is 7.01. The van der Waals surface area contributed by atoms with Gasteiger partial charge in [-0.05, 0) is 12.1 Å². The van der Waals surface area contributed by atoms with Crippen LogP contribution < -0.4 is 10.1 Å². The molecule has 0 aliphatic heterocycles. The second kappa shape index (κ2) is 4.59. The third kappa shape index (κ3) is 2.12. The Bertz CT molecular complexity index is 240. The molecular weight excluding hydrogens is 157 g/mol. The number of benzene rings is 1. The normalized spacial score (nSPS) is 9.50. The van der Waals surface area contributed by atoms with Crippen molar-refractivity contribution in [3.8, 4) is 5.75 Å². The van der Waals surface area contributed by atoms with E-state index in [4.69, 9.17) is 4.74 Å². The van der Waals surface area contributed by atoms with Crippen molar-refractivity contribution in [3.63, 3.8) is 0 Å². The van der Waals surface area contributed by atoms with Gasteiger partial charge in [0.05, 0.1) is 12.8 Å². The highest BCUT2D eigenvalue weighted by Crippen LogP contribution is 2.22. The van der Waals surface area contributed by atoms with E-state index in [-0.39, 0.29) is 6.67 Å². The Kier molecular flexibility index (Phi) is 3.38. The molecule has 1 aromatic carbocycles.